The fourth-order valence-electron chi connectivity index (χ4n) is 7.44. The quantitative estimate of drug-likeness (QED) is 0.319. The maximum Gasteiger partial charge on any atom is 0.224 e. The van der Waals surface area contributed by atoms with Gasteiger partial charge in [0.05, 0.1) is 17.7 Å². The molecule has 0 aliphatic heterocycles. The molecule has 1 radical (unpaired) electrons. The Morgan fingerprint density at radius 2 is 1.69 bits per heavy atom. The molecule has 3 N–H and O–H groups in total. The van der Waals surface area contributed by atoms with Crippen LogP contribution in [0.1, 0.15) is 50.5 Å². The number of rotatable bonds is 9. The van der Waals surface area contributed by atoms with E-state index in [9.17, 15) is 9.18 Å². The lowest BCUT2D eigenvalue weighted by Crippen LogP contribution is -2.47. The monoisotopic (exact) mass is 485 g/mol. The first-order valence-corrected chi connectivity index (χ1v) is 13.3. The lowest BCUT2D eigenvalue weighted by molar-refractivity contribution is -0.124. The first-order valence-electron chi connectivity index (χ1n) is 13.3. The minimum Gasteiger partial charge on any atom is -0.369 e. The van der Waals surface area contributed by atoms with Crippen LogP contribution in [0.25, 0.3) is 10.9 Å². The van der Waals surface area contributed by atoms with Crippen LogP contribution >= 0.6 is 0 Å². The number of halogens is 1. The highest BCUT2D eigenvalue weighted by molar-refractivity contribution is 6.01. The van der Waals surface area contributed by atoms with Crippen molar-refractivity contribution in [2.45, 2.75) is 44.9 Å². The zero-order valence-corrected chi connectivity index (χ0v) is 20.6. The van der Waals surface area contributed by atoms with Crippen molar-refractivity contribution in [2.75, 3.05) is 23.7 Å². The van der Waals surface area contributed by atoms with Crippen molar-refractivity contribution in [3.8, 4) is 0 Å². The third-order valence-corrected chi connectivity index (χ3v) is 8.44. The van der Waals surface area contributed by atoms with E-state index in [2.05, 4.69) is 16.0 Å². The highest BCUT2D eigenvalue weighted by atomic mass is 19.1. The first kappa shape index (κ1) is 23.4. The van der Waals surface area contributed by atoms with Crippen molar-refractivity contribution in [2.24, 2.45) is 23.2 Å². The third-order valence-electron chi connectivity index (χ3n) is 8.44. The van der Waals surface area contributed by atoms with E-state index in [1.165, 1.54) is 44.6 Å². The summed E-state index contributed by atoms with van der Waals surface area (Å²) in [4.78, 5) is 17.9. The molecule has 1 heterocycles. The second-order valence-electron chi connectivity index (χ2n) is 11.3. The molecule has 0 unspecified atom stereocenters. The van der Waals surface area contributed by atoms with Gasteiger partial charge in [-0.15, -0.1) is 0 Å². The lowest BCUT2D eigenvalue weighted by Gasteiger charge is -2.56. The van der Waals surface area contributed by atoms with E-state index in [1.54, 1.807) is 18.7 Å². The first-order chi connectivity index (χ1) is 17.6. The zero-order chi connectivity index (χ0) is 24.5. The van der Waals surface area contributed by atoms with E-state index in [-0.39, 0.29) is 17.1 Å². The molecular formula is C30H34FN4O. The van der Waals surface area contributed by atoms with Crippen LogP contribution in [-0.4, -0.2) is 24.0 Å². The van der Waals surface area contributed by atoms with Gasteiger partial charge in [-0.05, 0) is 92.0 Å². The van der Waals surface area contributed by atoms with Crippen molar-refractivity contribution in [1.29, 1.82) is 0 Å². The number of hydrogen-bond donors (Lipinski definition) is 3. The number of nitrogens with zero attached hydrogens (tertiary/aromatic N) is 1. The van der Waals surface area contributed by atoms with Crippen molar-refractivity contribution >= 4 is 28.3 Å². The number of fused-ring (bicyclic) bond motifs is 1. The topological polar surface area (TPSA) is 66.0 Å². The van der Waals surface area contributed by atoms with Crippen LogP contribution in [0, 0.1) is 35.5 Å². The molecule has 1 amide bonds. The zero-order valence-electron chi connectivity index (χ0n) is 20.6. The Morgan fingerprint density at radius 3 is 2.44 bits per heavy atom. The van der Waals surface area contributed by atoms with Gasteiger partial charge in [-0.2, -0.15) is 0 Å². The molecule has 4 aliphatic rings. The highest BCUT2D eigenvalue weighted by Crippen LogP contribution is 2.61. The number of carbonyl (C=O) groups excluding carboxylic acids is 1. The largest absolute Gasteiger partial charge is 0.369 e. The molecule has 0 spiro atoms. The molecule has 4 aliphatic carbocycles. The number of hydrogen-bond acceptors (Lipinski definition) is 4. The number of aromatic nitrogens is 1. The van der Waals surface area contributed by atoms with Crippen LogP contribution in [0.4, 0.5) is 15.9 Å². The molecule has 4 saturated carbocycles. The van der Waals surface area contributed by atoms with E-state index in [0.29, 0.717) is 25.1 Å². The van der Waals surface area contributed by atoms with Crippen molar-refractivity contribution < 1.29 is 9.18 Å². The van der Waals surface area contributed by atoms with Crippen LogP contribution in [0.2, 0.25) is 0 Å². The lowest BCUT2D eigenvalue weighted by atomic mass is 9.49. The van der Waals surface area contributed by atoms with Gasteiger partial charge in [0.2, 0.25) is 5.91 Å². The maximum absolute atomic E-state index is 13.7. The van der Waals surface area contributed by atoms with Gasteiger partial charge in [-0.3, -0.25) is 4.79 Å². The summed E-state index contributed by atoms with van der Waals surface area (Å²) in [5.74, 6) is 3.23. The number of benzene rings is 2. The Bertz CT molecular complexity index is 1220. The van der Waals surface area contributed by atoms with Crippen LogP contribution in [-0.2, 0) is 4.79 Å². The van der Waals surface area contributed by atoms with Gasteiger partial charge in [0.15, 0.2) is 0 Å². The summed E-state index contributed by atoms with van der Waals surface area (Å²) in [6, 6.07) is 16.5. The van der Waals surface area contributed by atoms with E-state index in [0.717, 1.165) is 40.2 Å². The third kappa shape index (κ3) is 4.96. The standard InChI is InChI=1S/C30H34FN4O/c31-25-5-2-1-4-23(25)19-32-10-11-33-28-9-8-24-26(34-28)6-3-7-27(24)35-29(36)18-30-15-20-12-21(16-30)14-22(13-20)17-30/h1-9,19-22,32H,10-18H2,(H,33,34)(H,35,36). The molecule has 0 atom stereocenters. The molecule has 4 fully saturated rings. The molecule has 2 aromatic carbocycles. The van der Waals surface area contributed by atoms with Gasteiger partial charge in [0, 0.05) is 30.5 Å². The van der Waals surface area contributed by atoms with Gasteiger partial charge in [-0.25, -0.2) is 9.37 Å². The summed E-state index contributed by atoms with van der Waals surface area (Å²) in [6.07, 6.45) is 8.56. The molecule has 6 heteroatoms. The van der Waals surface area contributed by atoms with Crippen LogP contribution in [0.15, 0.2) is 54.6 Å². The van der Waals surface area contributed by atoms with Gasteiger partial charge in [-0.1, -0.05) is 24.3 Å². The van der Waals surface area contributed by atoms with E-state index < -0.39 is 0 Å². The molecular weight excluding hydrogens is 451 g/mol. The predicted molar refractivity (Wildman–Crippen MR) is 142 cm³/mol. The normalized spacial score (nSPS) is 26.3. The van der Waals surface area contributed by atoms with E-state index >= 15 is 0 Å². The molecule has 4 bridgehead atoms. The maximum atomic E-state index is 13.7. The minimum absolute atomic E-state index is 0.142. The molecule has 7 rings (SSSR count). The fourth-order valence-corrected chi connectivity index (χ4v) is 7.44. The second kappa shape index (κ2) is 9.81. The van der Waals surface area contributed by atoms with Crippen molar-refractivity contribution in [3.63, 3.8) is 0 Å². The molecule has 0 saturated heterocycles. The summed E-state index contributed by atoms with van der Waals surface area (Å²) in [7, 11) is 0. The summed E-state index contributed by atoms with van der Waals surface area (Å²) < 4.78 is 13.7. The van der Waals surface area contributed by atoms with Crippen LogP contribution in [0.5, 0.6) is 0 Å². The van der Waals surface area contributed by atoms with Gasteiger partial charge < -0.3 is 16.0 Å². The van der Waals surface area contributed by atoms with Gasteiger partial charge >= 0.3 is 0 Å². The van der Waals surface area contributed by atoms with Crippen molar-refractivity contribution in [3.05, 3.63) is 72.5 Å². The number of amides is 1. The number of carbonyl (C=O) groups is 1. The smallest absolute Gasteiger partial charge is 0.224 e. The van der Waals surface area contributed by atoms with Crippen LogP contribution in [0.3, 0.4) is 0 Å². The Kier molecular flexibility index (Phi) is 6.38. The SMILES string of the molecule is O=C(CC12CC3CC(CC(C3)C1)C2)Nc1cccc2nc(NCCN[CH]c3ccccc3F)ccc12. The molecule has 36 heavy (non-hydrogen) atoms. The van der Waals surface area contributed by atoms with Crippen LogP contribution < -0.4 is 16.0 Å². The minimum atomic E-state index is -0.241. The van der Waals surface area contributed by atoms with Gasteiger partial charge in [0.25, 0.3) is 0 Å². The summed E-state index contributed by atoms with van der Waals surface area (Å²) >= 11 is 0. The fraction of sp³-hybridized carbons (Fsp3) is 0.433. The Hall–Kier alpha value is -2.99. The molecule has 1 aromatic heterocycles. The highest BCUT2D eigenvalue weighted by Gasteiger charge is 2.51. The summed E-state index contributed by atoms with van der Waals surface area (Å²) in [6.45, 7) is 2.96. The Morgan fingerprint density at radius 1 is 0.944 bits per heavy atom. The molecule has 187 valence electrons. The molecule has 3 aromatic rings. The van der Waals surface area contributed by atoms with Gasteiger partial charge in [0.1, 0.15) is 11.6 Å². The Balaban J connectivity index is 1.04. The summed E-state index contributed by atoms with van der Waals surface area (Å²) in [5, 5.41) is 10.6. The number of pyridine rings is 1. The predicted octanol–water partition coefficient (Wildman–Crippen LogP) is 6.13. The molecule has 5 nitrogen and oxygen atoms in total. The number of nitrogens with one attached hydrogen (secondary N) is 3. The second-order valence-corrected chi connectivity index (χ2v) is 11.3. The van der Waals surface area contributed by atoms with Crippen molar-refractivity contribution in [1.82, 2.24) is 10.3 Å². The Labute approximate surface area is 212 Å². The number of anilines is 2. The van der Waals surface area contributed by atoms with E-state index in [1.807, 2.05) is 36.4 Å². The summed E-state index contributed by atoms with van der Waals surface area (Å²) in [5.41, 5.74) is 2.45. The van der Waals surface area contributed by atoms with E-state index in [4.69, 9.17) is 4.98 Å². The average Bonchev–Trinajstić information content (AvgIpc) is 2.84. The average molecular weight is 486 g/mol.